The first-order chi connectivity index (χ1) is 15.2. The topological polar surface area (TPSA) is 61.8 Å². The Morgan fingerprint density at radius 2 is 2.03 bits per heavy atom. The summed E-state index contributed by atoms with van der Waals surface area (Å²) in [6.45, 7) is 9.12. The van der Waals surface area contributed by atoms with E-state index in [0.717, 1.165) is 44.6 Å². The van der Waals surface area contributed by atoms with Crippen LogP contribution in [-0.4, -0.2) is 49.8 Å². The van der Waals surface area contributed by atoms with Crippen molar-refractivity contribution < 1.29 is 4.74 Å². The Morgan fingerprint density at radius 3 is 2.72 bits per heavy atom. The fourth-order valence-electron chi connectivity index (χ4n) is 4.49. The smallest absolute Gasteiger partial charge is 0.191 e. The molecule has 2 aliphatic rings. The van der Waals surface area contributed by atoms with Crippen LogP contribution in [0.1, 0.15) is 44.2 Å². The molecular formula is C25H36IN5O. The number of hydrogen-bond donors (Lipinski definition) is 2. The van der Waals surface area contributed by atoms with Gasteiger partial charge in [-0.2, -0.15) is 0 Å². The molecule has 7 heteroatoms. The predicted octanol–water partition coefficient (Wildman–Crippen LogP) is 4.10. The van der Waals surface area contributed by atoms with Gasteiger partial charge in [0.2, 0.25) is 0 Å². The molecule has 1 aliphatic carbocycles. The van der Waals surface area contributed by atoms with Gasteiger partial charge in [-0.1, -0.05) is 36.8 Å². The molecule has 2 fully saturated rings. The van der Waals surface area contributed by atoms with Crippen molar-refractivity contribution in [2.75, 3.05) is 37.7 Å². The van der Waals surface area contributed by atoms with Crippen molar-refractivity contribution >= 4 is 35.8 Å². The van der Waals surface area contributed by atoms with Gasteiger partial charge < -0.3 is 20.3 Å². The molecule has 1 aromatic heterocycles. The van der Waals surface area contributed by atoms with Crippen LogP contribution in [0, 0.1) is 0 Å². The zero-order valence-corrected chi connectivity index (χ0v) is 21.5. The third-order valence-corrected chi connectivity index (χ3v) is 6.43. The average molecular weight is 550 g/mol. The van der Waals surface area contributed by atoms with E-state index in [0.29, 0.717) is 6.54 Å². The van der Waals surface area contributed by atoms with E-state index in [1.807, 2.05) is 6.20 Å². The lowest BCUT2D eigenvalue weighted by Gasteiger charge is -2.43. The summed E-state index contributed by atoms with van der Waals surface area (Å²) in [6.07, 6.45) is 5.89. The average Bonchev–Trinajstić information content (AvgIpc) is 2.77. The molecule has 1 unspecified atom stereocenters. The summed E-state index contributed by atoms with van der Waals surface area (Å²) in [4.78, 5) is 11.7. The van der Waals surface area contributed by atoms with Crippen LogP contribution in [0.5, 0.6) is 0 Å². The number of pyridine rings is 1. The second-order valence-corrected chi connectivity index (χ2v) is 8.70. The Kier molecular flexibility index (Phi) is 9.16. The molecule has 1 aliphatic heterocycles. The Labute approximate surface area is 209 Å². The molecule has 0 amide bonds. The van der Waals surface area contributed by atoms with Crippen molar-refractivity contribution in [3.8, 4) is 0 Å². The molecule has 1 atom stereocenters. The van der Waals surface area contributed by atoms with Crippen LogP contribution < -0.4 is 15.5 Å². The second kappa shape index (κ2) is 11.8. The molecule has 0 spiro atoms. The Hall–Kier alpha value is -1.87. The van der Waals surface area contributed by atoms with Crippen LogP contribution in [0.2, 0.25) is 0 Å². The van der Waals surface area contributed by atoms with Gasteiger partial charge in [-0.05, 0) is 49.9 Å². The maximum atomic E-state index is 5.66. The molecule has 2 N–H and O–H groups in total. The maximum absolute atomic E-state index is 5.66. The van der Waals surface area contributed by atoms with E-state index in [4.69, 9.17) is 9.73 Å². The fraction of sp³-hybridized carbons (Fsp3) is 0.520. The molecule has 174 valence electrons. The van der Waals surface area contributed by atoms with Gasteiger partial charge in [0.05, 0.1) is 19.3 Å². The Balaban J connectivity index is 0.00000289. The second-order valence-electron chi connectivity index (χ2n) is 8.70. The van der Waals surface area contributed by atoms with Gasteiger partial charge in [0, 0.05) is 37.8 Å². The van der Waals surface area contributed by atoms with E-state index >= 15 is 0 Å². The number of nitrogens with zero attached hydrogens (tertiary/aromatic N) is 3. The highest BCUT2D eigenvalue weighted by Gasteiger charge is 2.38. The van der Waals surface area contributed by atoms with Crippen molar-refractivity contribution in [3.63, 3.8) is 0 Å². The highest BCUT2D eigenvalue weighted by molar-refractivity contribution is 14.0. The van der Waals surface area contributed by atoms with Gasteiger partial charge in [-0.3, -0.25) is 0 Å². The van der Waals surface area contributed by atoms with Gasteiger partial charge >= 0.3 is 0 Å². The first-order valence-corrected chi connectivity index (χ1v) is 11.6. The predicted molar refractivity (Wildman–Crippen MR) is 142 cm³/mol. The minimum Gasteiger partial charge on any atom is -0.375 e. The number of aromatic nitrogens is 1. The van der Waals surface area contributed by atoms with Gasteiger partial charge in [-0.15, -0.1) is 24.0 Å². The number of aliphatic imine (C=N–C) groups is 1. The van der Waals surface area contributed by atoms with Gasteiger partial charge in [-0.25, -0.2) is 9.98 Å². The number of ether oxygens (including phenoxy) is 1. The van der Waals surface area contributed by atoms with Crippen LogP contribution in [0.4, 0.5) is 5.82 Å². The number of rotatable bonds is 7. The summed E-state index contributed by atoms with van der Waals surface area (Å²) < 4.78 is 5.66. The van der Waals surface area contributed by atoms with Crippen molar-refractivity contribution in [1.82, 2.24) is 15.6 Å². The van der Waals surface area contributed by atoms with E-state index in [1.165, 1.54) is 30.4 Å². The van der Waals surface area contributed by atoms with E-state index in [9.17, 15) is 0 Å². The molecule has 0 radical (unpaired) electrons. The lowest BCUT2D eigenvalue weighted by molar-refractivity contribution is 0.0529. The minimum atomic E-state index is 0. The number of benzene rings is 1. The molecule has 0 bridgehead atoms. The van der Waals surface area contributed by atoms with Crippen molar-refractivity contribution in [1.29, 1.82) is 0 Å². The molecule has 32 heavy (non-hydrogen) atoms. The third-order valence-electron chi connectivity index (χ3n) is 6.43. The van der Waals surface area contributed by atoms with Crippen molar-refractivity contribution in [2.24, 2.45) is 4.99 Å². The molecule has 1 aromatic carbocycles. The molecule has 2 heterocycles. The molecule has 1 saturated carbocycles. The maximum Gasteiger partial charge on any atom is 0.191 e. The lowest BCUT2D eigenvalue weighted by atomic mass is 9.64. The van der Waals surface area contributed by atoms with Crippen molar-refractivity contribution in [3.05, 3.63) is 59.8 Å². The number of halogens is 1. The molecule has 6 nitrogen and oxygen atoms in total. The molecule has 1 saturated heterocycles. The van der Waals surface area contributed by atoms with Gasteiger partial charge in [0.25, 0.3) is 0 Å². The zero-order chi connectivity index (χ0) is 21.5. The van der Waals surface area contributed by atoms with E-state index in [2.05, 4.69) is 76.8 Å². The standard InChI is InChI=1S/C25H35N5O.HI/c1-3-26-24(29-19-25(11-7-12-25)22-8-5-4-6-9-22)28-17-21-10-13-27-23(16-21)30-14-15-31-20(2)18-30;/h4-6,8-10,13,16,20H,3,7,11-12,14-15,17-19H2,1-2H3,(H2,26,28,29);1H. The van der Waals surface area contributed by atoms with E-state index < -0.39 is 0 Å². The summed E-state index contributed by atoms with van der Waals surface area (Å²) >= 11 is 0. The summed E-state index contributed by atoms with van der Waals surface area (Å²) in [6, 6.07) is 15.1. The number of hydrogen-bond acceptors (Lipinski definition) is 4. The quantitative estimate of drug-likeness (QED) is 0.310. The van der Waals surface area contributed by atoms with Gasteiger partial charge in [0.1, 0.15) is 5.82 Å². The lowest BCUT2D eigenvalue weighted by Crippen LogP contribution is -2.48. The Morgan fingerprint density at radius 1 is 1.22 bits per heavy atom. The first kappa shape index (κ1) is 24.8. The number of nitrogens with one attached hydrogen (secondary N) is 2. The summed E-state index contributed by atoms with van der Waals surface area (Å²) in [5.74, 6) is 1.89. The monoisotopic (exact) mass is 549 g/mol. The number of guanidine groups is 1. The largest absolute Gasteiger partial charge is 0.375 e. The number of anilines is 1. The molecule has 4 rings (SSSR count). The first-order valence-electron chi connectivity index (χ1n) is 11.6. The minimum absolute atomic E-state index is 0. The summed E-state index contributed by atoms with van der Waals surface area (Å²) in [5.41, 5.74) is 2.83. The van der Waals surface area contributed by atoms with E-state index in [1.54, 1.807) is 0 Å². The van der Waals surface area contributed by atoms with Crippen LogP contribution in [0.15, 0.2) is 53.7 Å². The normalized spacial score (nSPS) is 20.1. The highest BCUT2D eigenvalue weighted by atomic mass is 127. The van der Waals surface area contributed by atoms with E-state index in [-0.39, 0.29) is 35.5 Å². The zero-order valence-electron chi connectivity index (χ0n) is 19.2. The Bertz CT molecular complexity index is 872. The summed E-state index contributed by atoms with van der Waals surface area (Å²) in [7, 11) is 0. The van der Waals surface area contributed by atoms with Crippen LogP contribution in [0.3, 0.4) is 0 Å². The van der Waals surface area contributed by atoms with Crippen LogP contribution >= 0.6 is 24.0 Å². The van der Waals surface area contributed by atoms with Crippen molar-refractivity contribution in [2.45, 2.75) is 51.2 Å². The molecular weight excluding hydrogens is 513 g/mol. The highest BCUT2D eigenvalue weighted by Crippen LogP contribution is 2.43. The fourth-order valence-corrected chi connectivity index (χ4v) is 4.49. The van der Waals surface area contributed by atoms with Gasteiger partial charge in [0.15, 0.2) is 5.96 Å². The molecule has 2 aromatic rings. The SMILES string of the molecule is CCNC(=NCc1ccnc(N2CCOC(C)C2)c1)NCC1(c2ccccc2)CCC1.I. The summed E-state index contributed by atoms with van der Waals surface area (Å²) in [5, 5.41) is 7.02. The number of morpholine rings is 1. The van der Waals surface area contributed by atoms with Crippen LogP contribution in [0.25, 0.3) is 0 Å². The third kappa shape index (κ3) is 6.13. The van der Waals surface area contributed by atoms with Crippen LogP contribution in [-0.2, 0) is 16.7 Å².